The maximum atomic E-state index is 10.2. The summed E-state index contributed by atoms with van der Waals surface area (Å²) in [6.45, 7) is 2.53. The second-order valence-electron chi connectivity index (χ2n) is 3.15. The number of carbonyl (C=O) groups is 1. The molecule has 0 rings (SSSR count). The minimum absolute atomic E-state index is 0.122. The fourth-order valence-electron chi connectivity index (χ4n) is 1.12. The summed E-state index contributed by atoms with van der Waals surface area (Å²) in [6, 6.07) is 0. The molecule has 0 amide bonds. The molecule has 5 heteroatoms. The summed E-state index contributed by atoms with van der Waals surface area (Å²) in [5.41, 5.74) is 0. The van der Waals surface area contributed by atoms with Gasteiger partial charge in [-0.15, -0.1) is 0 Å². The first-order valence-electron chi connectivity index (χ1n) is 4.65. The van der Waals surface area contributed by atoms with Gasteiger partial charge in [-0.3, -0.25) is 4.79 Å². The van der Waals surface area contributed by atoms with Crippen LogP contribution in [0.15, 0.2) is 0 Å². The van der Waals surface area contributed by atoms with Gasteiger partial charge in [0.25, 0.3) is 6.47 Å². The first-order chi connectivity index (χ1) is 6.49. The average molecular weight is 262 g/mol. The Morgan fingerprint density at radius 2 is 2.00 bits per heavy atom. The molecule has 0 N–H and O–H groups in total. The Kier molecular flexibility index (Phi) is 7.79. The number of halogens is 3. The van der Waals surface area contributed by atoms with Gasteiger partial charge in [0, 0.05) is 0 Å². The van der Waals surface area contributed by atoms with Gasteiger partial charge in [0.05, 0.1) is 0 Å². The number of ether oxygens (including phenoxy) is 1. The van der Waals surface area contributed by atoms with Crippen molar-refractivity contribution in [3.05, 3.63) is 0 Å². The number of hydrogen-bond donors (Lipinski definition) is 0. The molecule has 0 aromatic rings. The molecule has 0 aliphatic carbocycles. The predicted octanol–water partition coefficient (Wildman–Crippen LogP) is 3.87. The summed E-state index contributed by atoms with van der Waals surface area (Å²) < 4.78 is 3.63. The molecule has 0 radical (unpaired) electrons. The molecule has 0 heterocycles. The molecular weight excluding hydrogens is 246 g/mol. The summed E-state index contributed by atoms with van der Waals surface area (Å²) in [5, 5.41) is 0. The summed E-state index contributed by atoms with van der Waals surface area (Å²) in [4.78, 5) is 10.2. The van der Waals surface area contributed by atoms with Crippen molar-refractivity contribution in [1.82, 2.24) is 0 Å². The van der Waals surface area contributed by atoms with Crippen molar-refractivity contribution >= 4 is 41.3 Å². The Bertz CT molecular complexity index is 157. The fourth-order valence-corrected chi connectivity index (χ4v) is 1.44. The Hall–Kier alpha value is 0.340. The SMILES string of the molecule is CCCCC(CCC(Cl)(Cl)Cl)OC=O. The molecule has 0 aromatic carbocycles. The zero-order valence-corrected chi connectivity index (χ0v) is 10.4. The second kappa shape index (κ2) is 7.61. The van der Waals surface area contributed by atoms with E-state index in [1.807, 2.05) is 0 Å². The lowest BCUT2D eigenvalue weighted by atomic mass is 10.1. The van der Waals surface area contributed by atoms with Crippen LogP contribution in [0.1, 0.15) is 39.0 Å². The maximum absolute atomic E-state index is 10.2. The van der Waals surface area contributed by atoms with Gasteiger partial charge in [0.15, 0.2) is 3.79 Å². The standard InChI is InChI=1S/C9H15Cl3O2/c1-2-3-4-8(14-7-13)5-6-9(10,11)12/h7-8H,2-6H2,1H3. The maximum Gasteiger partial charge on any atom is 0.293 e. The third-order valence-corrected chi connectivity index (χ3v) is 2.44. The van der Waals surface area contributed by atoms with E-state index in [1.165, 1.54) is 0 Å². The number of carbonyl (C=O) groups excluding carboxylic acids is 1. The van der Waals surface area contributed by atoms with Crippen molar-refractivity contribution in [2.24, 2.45) is 0 Å². The van der Waals surface area contributed by atoms with Crippen molar-refractivity contribution in [3.63, 3.8) is 0 Å². The largest absolute Gasteiger partial charge is 0.465 e. The van der Waals surface area contributed by atoms with Gasteiger partial charge >= 0.3 is 0 Å². The first-order valence-corrected chi connectivity index (χ1v) is 5.79. The minimum atomic E-state index is -1.25. The number of hydrogen-bond acceptors (Lipinski definition) is 2. The van der Waals surface area contributed by atoms with Crippen LogP contribution in [-0.2, 0) is 9.53 Å². The monoisotopic (exact) mass is 260 g/mol. The molecule has 0 aromatic heterocycles. The molecule has 84 valence electrons. The molecule has 0 spiro atoms. The number of rotatable bonds is 7. The average Bonchev–Trinajstić information content (AvgIpc) is 2.08. The highest BCUT2D eigenvalue weighted by Crippen LogP contribution is 2.32. The molecule has 0 fully saturated rings. The lowest BCUT2D eigenvalue weighted by molar-refractivity contribution is -0.134. The fraction of sp³-hybridized carbons (Fsp3) is 0.889. The van der Waals surface area contributed by atoms with Gasteiger partial charge in [-0.25, -0.2) is 0 Å². The summed E-state index contributed by atoms with van der Waals surface area (Å²) in [5.74, 6) is 0. The molecule has 1 unspecified atom stereocenters. The normalized spacial score (nSPS) is 13.7. The van der Waals surface area contributed by atoms with Crippen molar-refractivity contribution in [2.75, 3.05) is 0 Å². The summed E-state index contributed by atoms with van der Waals surface area (Å²) in [7, 11) is 0. The van der Waals surface area contributed by atoms with Gasteiger partial charge in [0.1, 0.15) is 6.10 Å². The van der Waals surface area contributed by atoms with Crippen LogP contribution in [-0.4, -0.2) is 16.4 Å². The molecule has 0 bridgehead atoms. The molecule has 2 nitrogen and oxygen atoms in total. The van der Waals surface area contributed by atoms with E-state index < -0.39 is 3.79 Å². The number of unbranched alkanes of at least 4 members (excludes halogenated alkanes) is 1. The van der Waals surface area contributed by atoms with Crippen LogP contribution in [0.3, 0.4) is 0 Å². The highest BCUT2D eigenvalue weighted by molar-refractivity contribution is 6.67. The Balaban J connectivity index is 3.77. The van der Waals surface area contributed by atoms with E-state index in [9.17, 15) is 4.79 Å². The lowest BCUT2D eigenvalue weighted by Gasteiger charge is -2.17. The van der Waals surface area contributed by atoms with E-state index in [2.05, 4.69) is 6.92 Å². The van der Waals surface area contributed by atoms with Gasteiger partial charge in [-0.05, 0) is 19.3 Å². The predicted molar refractivity (Wildman–Crippen MR) is 60.0 cm³/mol. The van der Waals surface area contributed by atoms with Gasteiger partial charge in [-0.2, -0.15) is 0 Å². The van der Waals surface area contributed by atoms with E-state index >= 15 is 0 Å². The molecule has 0 aliphatic rings. The van der Waals surface area contributed by atoms with Gasteiger partial charge in [0.2, 0.25) is 0 Å². The summed E-state index contributed by atoms with van der Waals surface area (Å²) in [6.07, 6.45) is 3.78. The van der Waals surface area contributed by atoms with E-state index in [-0.39, 0.29) is 6.10 Å². The smallest absolute Gasteiger partial charge is 0.293 e. The van der Waals surface area contributed by atoms with E-state index in [4.69, 9.17) is 39.5 Å². The third-order valence-electron chi connectivity index (χ3n) is 1.88. The van der Waals surface area contributed by atoms with Crippen molar-refractivity contribution in [2.45, 2.75) is 48.9 Å². The second-order valence-corrected chi connectivity index (χ2v) is 5.67. The van der Waals surface area contributed by atoms with Crippen LogP contribution in [0.4, 0.5) is 0 Å². The van der Waals surface area contributed by atoms with Crippen LogP contribution in [0.25, 0.3) is 0 Å². The zero-order valence-electron chi connectivity index (χ0n) is 8.14. The molecule has 0 saturated heterocycles. The molecule has 14 heavy (non-hydrogen) atoms. The molecule has 1 atom stereocenters. The van der Waals surface area contributed by atoms with E-state index in [1.54, 1.807) is 0 Å². The van der Waals surface area contributed by atoms with Gasteiger partial charge < -0.3 is 4.74 Å². The highest BCUT2D eigenvalue weighted by Gasteiger charge is 2.22. The van der Waals surface area contributed by atoms with Crippen molar-refractivity contribution in [1.29, 1.82) is 0 Å². The Morgan fingerprint density at radius 1 is 1.36 bits per heavy atom. The van der Waals surface area contributed by atoms with Crippen LogP contribution >= 0.6 is 34.8 Å². The third kappa shape index (κ3) is 8.92. The zero-order chi connectivity index (χ0) is 11.0. The molecular formula is C9H15Cl3O2. The van der Waals surface area contributed by atoms with Crippen LogP contribution in [0.5, 0.6) is 0 Å². The lowest BCUT2D eigenvalue weighted by Crippen LogP contribution is -2.15. The molecule has 0 saturated carbocycles. The van der Waals surface area contributed by atoms with E-state index in [0.717, 1.165) is 19.3 Å². The van der Waals surface area contributed by atoms with Crippen LogP contribution in [0.2, 0.25) is 0 Å². The van der Waals surface area contributed by atoms with Gasteiger partial charge in [-0.1, -0.05) is 54.6 Å². The van der Waals surface area contributed by atoms with Crippen molar-refractivity contribution < 1.29 is 9.53 Å². The van der Waals surface area contributed by atoms with Crippen LogP contribution in [0, 0.1) is 0 Å². The minimum Gasteiger partial charge on any atom is -0.465 e. The van der Waals surface area contributed by atoms with Crippen molar-refractivity contribution in [3.8, 4) is 0 Å². The quantitative estimate of drug-likeness (QED) is 0.514. The topological polar surface area (TPSA) is 26.3 Å². The summed E-state index contributed by atoms with van der Waals surface area (Å²) >= 11 is 16.8. The first kappa shape index (κ1) is 14.3. The highest BCUT2D eigenvalue weighted by atomic mass is 35.6. The molecule has 0 aliphatic heterocycles. The Labute approximate surface area is 99.8 Å². The number of alkyl halides is 3. The Morgan fingerprint density at radius 3 is 2.43 bits per heavy atom. The van der Waals surface area contributed by atoms with Crippen LogP contribution < -0.4 is 0 Å². The van der Waals surface area contributed by atoms with E-state index in [0.29, 0.717) is 19.3 Å².